The Hall–Kier alpha value is -1.26. The number of likely N-dealkylation sites (N-methyl/N-ethyl adjacent to an activating group) is 1. The van der Waals surface area contributed by atoms with Gasteiger partial charge >= 0.3 is 0 Å². The number of nitrogens with one attached hydrogen (secondary N) is 1. The van der Waals surface area contributed by atoms with Gasteiger partial charge in [0.05, 0.1) is 26.4 Å². The Morgan fingerprint density at radius 2 is 1.85 bits per heavy atom. The molecule has 1 aliphatic rings. The molecule has 1 saturated carbocycles. The quantitative estimate of drug-likeness (QED) is 0.794. The Morgan fingerprint density at radius 1 is 1.15 bits per heavy atom. The first kappa shape index (κ1) is 15.1. The summed E-state index contributed by atoms with van der Waals surface area (Å²) < 4.78 is 16.4. The molecule has 1 aromatic rings. The lowest BCUT2D eigenvalue weighted by molar-refractivity contribution is 0.0511. The van der Waals surface area contributed by atoms with Gasteiger partial charge in [0.1, 0.15) is 0 Å². The lowest BCUT2D eigenvalue weighted by Crippen LogP contribution is -2.34. The molecule has 112 valence electrons. The minimum Gasteiger partial charge on any atom is -0.493 e. The zero-order valence-corrected chi connectivity index (χ0v) is 12.8. The number of rotatable bonds is 8. The standard InChI is InChI=1S/C16H25NO3/c1-5-17-15(16(20-4)11-6-7-11)12-8-9-13(18-2)14(10-12)19-3/h8-11,15-17H,5-7H2,1-4H3. The Balaban J connectivity index is 2.28. The van der Waals surface area contributed by atoms with E-state index in [0.29, 0.717) is 5.92 Å². The topological polar surface area (TPSA) is 39.7 Å². The molecule has 1 N–H and O–H groups in total. The molecular weight excluding hydrogens is 254 g/mol. The summed E-state index contributed by atoms with van der Waals surface area (Å²) in [6, 6.07) is 6.28. The zero-order chi connectivity index (χ0) is 14.5. The van der Waals surface area contributed by atoms with Crippen molar-refractivity contribution < 1.29 is 14.2 Å². The molecule has 0 saturated heterocycles. The maximum absolute atomic E-state index is 5.74. The Morgan fingerprint density at radius 3 is 2.35 bits per heavy atom. The average Bonchev–Trinajstić information content (AvgIpc) is 3.31. The van der Waals surface area contributed by atoms with Gasteiger partial charge in [-0.05, 0) is 43.0 Å². The fourth-order valence-electron chi connectivity index (χ4n) is 2.72. The van der Waals surface area contributed by atoms with Crippen LogP contribution in [0.25, 0.3) is 0 Å². The molecule has 0 bridgehead atoms. The third kappa shape index (κ3) is 3.25. The molecule has 0 amide bonds. The van der Waals surface area contributed by atoms with E-state index >= 15 is 0 Å². The van der Waals surface area contributed by atoms with Crippen LogP contribution in [-0.4, -0.2) is 34.0 Å². The van der Waals surface area contributed by atoms with E-state index in [1.54, 1.807) is 21.3 Å². The Bertz CT molecular complexity index is 432. The van der Waals surface area contributed by atoms with E-state index in [-0.39, 0.29) is 12.1 Å². The predicted octanol–water partition coefficient (Wildman–Crippen LogP) is 2.78. The second kappa shape index (κ2) is 6.95. The van der Waals surface area contributed by atoms with Crippen molar-refractivity contribution in [3.05, 3.63) is 23.8 Å². The van der Waals surface area contributed by atoms with E-state index in [0.717, 1.165) is 18.0 Å². The van der Waals surface area contributed by atoms with Gasteiger partial charge in [-0.3, -0.25) is 0 Å². The maximum Gasteiger partial charge on any atom is 0.161 e. The van der Waals surface area contributed by atoms with Crippen molar-refractivity contribution in [2.45, 2.75) is 31.9 Å². The second-order valence-corrected chi connectivity index (χ2v) is 5.19. The van der Waals surface area contributed by atoms with Crippen LogP contribution in [-0.2, 0) is 4.74 Å². The third-order valence-corrected chi connectivity index (χ3v) is 3.88. The highest BCUT2D eigenvalue weighted by Gasteiger charge is 2.37. The number of benzene rings is 1. The molecule has 0 radical (unpaired) electrons. The number of ether oxygens (including phenoxy) is 3. The summed E-state index contributed by atoms with van der Waals surface area (Å²) in [7, 11) is 5.12. The van der Waals surface area contributed by atoms with Gasteiger partial charge in [0.2, 0.25) is 0 Å². The van der Waals surface area contributed by atoms with Crippen LogP contribution in [0, 0.1) is 5.92 Å². The lowest BCUT2D eigenvalue weighted by Gasteiger charge is -2.27. The largest absolute Gasteiger partial charge is 0.493 e. The van der Waals surface area contributed by atoms with Gasteiger partial charge < -0.3 is 19.5 Å². The lowest BCUT2D eigenvalue weighted by atomic mass is 9.97. The van der Waals surface area contributed by atoms with Gasteiger partial charge in [0.25, 0.3) is 0 Å². The molecule has 2 rings (SSSR count). The Labute approximate surface area is 121 Å². The first-order chi connectivity index (χ1) is 9.74. The van der Waals surface area contributed by atoms with Crippen molar-refractivity contribution in [3.8, 4) is 11.5 Å². The number of hydrogen-bond donors (Lipinski definition) is 1. The van der Waals surface area contributed by atoms with E-state index in [4.69, 9.17) is 14.2 Å². The van der Waals surface area contributed by atoms with Crippen molar-refractivity contribution in [2.75, 3.05) is 27.9 Å². The summed E-state index contributed by atoms with van der Waals surface area (Å²) in [5.41, 5.74) is 1.18. The molecule has 4 nitrogen and oxygen atoms in total. The molecule has 4 heteroatoms. The maximum atomic E-state index is 5.74. The average molecular weight is 279 g/mol. The molecule has 2 atom stereocenters. The molecular formula is C16H25NO3. The van der Waals surface area contributed by atoms with Crippen LogP contribution in [0.1, 0.15) is 31.4 Å². The van der Waals surface area contributed by atoms with Crippen LogP contribution in [0.3, 0.4) is 0 Å². The van der Waals surface area contributed by atoms with Crippen molar-refractivity contribution in [1.29, 1.82) is 0 Å². The molecule has 1 aromatic carbocycles. The molecule has 0 aliphatic heterocycles. The summed E-state index contributed by atoms with van der Waals surface area (Å²) in [6.45, 7) is 3.03. The molecule has 0 aromatic heterocycles. The van der Waals surface area contributed by atoms with Crippen LogP contribution in [0.15, 0.2) is 18.2 Å². The SMILES string of the molecule is CCNC(c1ccc(OC)c(OC)c1)C(OC)C1CC1. The van der Waals surface area contributed by atoms with Crippen molar-refractivity contribution in [1.82, 2.24) is 5.32 Å². The second-order valence-electron chi connectivity index (χ2n) is 5.19. The van der Waals surface area contributed by atoms with Crippen LogP contribution < -0.4 is 14.8 Å². The highest BCUT2D eigenvalue weighted by atomic mass is 16.5. The van der Waals surface area contributed by atoms with Gasteiger partial charge in [-0.15, -0.1) is 0 Å². The number of methoxy groups -OCH3 is 3. The van der Waals surface area contributed by atoms with E-state index in [9.17, 15) is 0 Å². The minimum atomic E-state index is 0.192. The van der Waals surface area contributed by atoms with Gasteiger partial charge in [-0.1, -0.05) is 13.0 Å². The summed E-state index contributed by atoms with van der Waals surface area (Å²) in [6.07, 6.45) is 2.73. The van der Waals surface area contributed by atoms with Gasteiger partial charge in [0, 0.05) is 7.11 Å². The van der Waals surface area contributed by atoms with E-state index in [1.165, 1.54) is 18.4 Å². The highest BCUT2D eigenvalue weighted by Crippen LogP contribution is 2.41. The zero-order valence-electron chi connectivity index (χ0n) is 12.8. The van der Waals surface area contributed by atoms with Gasteiger partial charge in [-0.25, -0.2) is 0 Å². The van der Waals surface area contributed by atoms with E-state index in [2.05, 4.69) is 18.3 Å². The summed E-state index contributed by atoms with van der Waals surface area (Å²) >= 11 is 0. The summed E-state index contributed by atoms with van der Waals surface area (Å²) in [4.78, 5) is 0. The smallest absolute Gasteiger partial charge is 0.161 e. The highest BCUT2D eigenvalue weighted by molar-refractivity contribution is 5.44. The summed E-state index contributed by atoms with van der Waals surface area (Å²) in [5.74, 6) is 2.18. The van der Waals surface area contributed by atoms with Crippen LogP contribution in [0.4, 0.5) is 0 Å². The number of hydrogen-bond acceptors (Lipinski definition) is 4. The van der Waals surface area contributed by atoms with E-state index < -0.39 is 0 Å². The van der Waals surface area contributed by atoms with Crippen LogP contribution in [0.5, 0.6) is 11.5 Å². The van der Waals surface area contributed by atoms with Crippen molar-refractivity contribution >= 4 is 0 Å². The van der Waals surface area contributed by atoms with Crippen molar-refractivity contribution in [3.63, 3.8) is 0 Å². The molecule has 20 heavy (non-hydrogen) atoms. The first-order valence-corrected chi connectivity index (χ1v) is 7.23. The third-order valence-electron chi connectivity index (χ3n) is 3.88. The molecule has 1 aliphatic carbocycles. The van der Waals surface area contributed by atoms with E-state index in [1.807, 2.05) is 12.1 Å². The molecule has 2 unspecified atom stereocenters. The molecule has 0 spiro atoms. The monoisotopic (exact) mass is 279 g/mol. The van der Waals surface area contributed by atoms with Gasteiger partial charge in [0.15, 0.2) is 11.5 Å². The fraction of sp³-hybridized carbons (Fsp3) is 0.625. The first-order valence-electron chi connectivity index (χ1n) is 7.23. The van der Waals surface area contributed by atoms with Crippen molar-refractivity contribution in [2.24, 2.45) is 5.92 Å². The molecule has 1 fully saturated rings. The fourth-order valence-corrected chi connectivity index (χ4v) is 2.72. The summed E-state index contributed by atoms with van der Waals surface area (Å²) in [5, 5.41) is 3.54. The predicted molar refractivity (Wildman–Crippen MR) is 79.5 cm³/mol. The Kier molecular flexibility index (Phi) is 5.26. The molecule has 0 heterocycles. The van der Waals surface area contributed by atoms with Gasteiger partial charge in [-0.2, -0.15) is 0 Å². The minimum absolute atomic E-state index is 0.192. The van der Waals surface area contributed by atoms with Crippen LogP contribution in [0.2, 0.25) is 0 Å². The normalized spacial score (nSPS) is 17.6. The van der Waals surface area contributed by atoms with Crippen LogP contribution >= 0.6 is 0 Å².